The molecular weight excluding hydrogens is 224 g/mol. The molecule has 0 bridgehead atoms. The summed E-state index contributed by atoms with van der Waals surface area (Å²) in [6.07, 6.45) is 0. The van der Waals surface area contributed by atoms with Gasteiger partial charge in [0.15, 0.2) is 0 Å². The molecule has 0 aliphatic carbocycles. The summed E-state index contributed by atoms with van der Waals surface area (Å²) in [6, 6.07) is 4.06. The van der Waals surface area contributed by atoms with Crippen molar-refractivity contribution in [1.29, 1.82) is 0 Å². The first-order valence-corrected chi connectivity index (χ1v) is 5.28. The van der Waals surface area contributed by atoms with Crippen molar-refractivity contribution >= 4 is 18.5 Å². The Hall–Kier alpha value is -1.40. The third-order valence-electron chi connectivity index (χ3n) is 2.49. The lowest BCUT2D eigenvalue weighted by Crippen LogP contribution is -2.32. The molecule has 0 saturated heterocycles. The van der Waals surface area contributed by atoms with E-state index in [1.165, 1.54) is 12.1 Å². The van der Waals surface area contributed by atoms with Crippen LogP contribution in [0.3, 0.4) is 0 Å². The lowest BCUT2D eigenvalue weighted by Gasteiger charge is -2.07. The molecule has 6 heteroatoms. The van der Waals surface area contributed by atoms with Gasteiger partial charge in [-0.15, -0.1) is 0 Å². The van der Waals surface area contributed by atoms with E-state index in [9.17, 15) is 4.39 Å². The van der Waals surface area contributed by atoms with Crippen molar-refractivity contribution in [2.45, 2.75) is 19.4 Å². The van der Waals surface area contributed by atoms with E-state index in [2.05, 4.69) is 4.99 Å². The van der Waals surface area contributed by atoms with Crippen molar-refractivity contribution in [2.24, 2.45) is 4.99 Å². The molecule has 2 N–H and O–H groups in total. The summed E-state index contributed by atoms with van der Waals surface area (Å²) in [5.41, 5.74) is 0.0325. The second kappa shape index (κ2) is 4.12. The maximum atomic E-state index is 13.5. The Labute approximate surface area is 98.9 Å². The molecule has 1 aromatic rings. The lowest BCUT2D eigenvalue weighted by molar-refractivity contribution is 0.279. The highest BCUT2D eigenvalue weighted by Crippen LogP contribution is 2.20. The van der Waals surface area contributed by atoms with Gasteiger partial charge in [0.05, 0.1) is 5.54 Å². The number of hydrogen-bond donors (Lipinski definition) is 2. The van der Waals surface area contributed by atoms with Gasteiger partial charge in [0, 0.05) is 11.0 Å². The van der Waals surface area contributed by atoms with Crippen LogP contribution in [0.4, 0.5) is 4.39 Å². The Kier molecular flexibility index (Phi) is 2.93. The van der Waals surface area contributed by atoms with Gasteiger partial charge in [0.25, 0.3) is 0 Å². The van der Waals surface area contributed by atoms with Crippen LogP contribution in [0.15, 0.2) is 23.2 Å². The van der Waals surface area contributed by atoms with Crippen molar-refractivity contribution in [3.63, 3.8) is 0 Å². The van der Waals surface area contributed by atoms with Crippen LogP contribution in [-0.2, 0) is 4.74 Å². The molecule has 1 heterocycles. The van der Waals surface area contributed by atoms with Crippen LogP contribution in [0.5, 0.6) is 0 Å². The van der Waals surface area contributed by atoms with Gasteiger partial charge >= 0.3 is 7.12 Å². The smallest absolute Gasteiger partial charge is 0.475 e. The van der Waals surface area contributed by atoms with E-state index in [-0.39, 0.29) is 11.0 Å². The molecule has 17 heavy (non-hydrogen) atoms. The van der Waals surface area contributed by atoms with Gasteiger partial charge in [-0.1, -0.05) is 6.07 Å². The zero-order valence-electron chi connectivity index (χ0n) is 9.64. The van der Waals surface area contributed by atoms with E-state index in [1.807, 2.05) is 13.8 Å². The number of halogens is 1. The number of hydrogen-bond acceptors (Lipinski definition) is 4. The maximum Gasteiger partial charge on any atom is 0.491 e. The Bertz CT molecular complexity index is 474. The van der Waals surface area contributed by atoms with Gasteiger partial charge in [-0.2, -0.15) is 0 Å². The molecule has 0 atom stereocenters. The molecule has 1 aliphatic rings. The van der Waals surface area contributed by atoms with Crippen LogP contribution in [0.1, 0.15) is 19.4 Å². The van der Waals surface area contributed by atoms with Gasteiger partial charge < -0.3 is 14.8 Å². The molecule has 1 aromatic carbocycles. The predicted molar refractivity (Wildman–Crippen MR) is 62.8 cm³/mol. The van der Waals surface area contributed by atoms with Crippen molar-refractivity contribution in [3.8, 4) is 0 Å². The minimum Gasteiger partial charge on any atom is -0.475 e. The zero-order chi connectivity index (χ0) is 12.6. The van der Waals surface area contributed by atoms with E-state index < -0.39 is 12.9 Å². The van der Waals surface area contributed by atoms with Gasteiger partial charge in [-0.05, 0) is 26.0 Å². The molecule has 0 aromatic heterocycles. The maximum absolute atomic E-state index is 13.5. The van der Waals surface area contributed by atoms with Crippen molar-refractivity contribution in [2.75, 3.05) is 6.61 Å². The topological polar surface area (TPSA) is 62.0 Å². The third-order valence-corrected chi connectivity index (χ3v) is 2.49. The third kappa shape index (κ3) is 2.48. The first kappa shape index (κ1) is 12.1. The van der Waals surface area contributed by atoms with Crippen LogP contribution in [0.25, 0.3) is 0 Å². The average Bonchev–Trinajstić information content (AvgIpc) is 2.58. The molecule has 90 valence electrons. The highest BCUT2D eigenvalue weighted by Gasteiger charge is 2.27. The fraction of sp³-hybridized carbons (Fsp3) is 0.364. The van der Waals surface area contributed by atoms with Gasteiger partial charge in [-0.3, -0.25) is 0 Å². The lowest BCUT2D eigenvalue weighted by atomic mass is 9.79. The van der Waals surface area contributed by atoms with Crippen LogP contribution in [0.2, 0.25) is 0 Å². The van der Waals surface area contributed by atoms with Crippen LogP contribution in [0, 0.1) is 5.82 Å². The molecule has 4 nitrogen and oxygen atoms in total. The quantitative estimate of drug-likeness (QED) is 0.715. The second-order valence-electron chi connectivity index (χ2n) is 4.63. The molecular formula is C11H13BFNO3. The minimum absolute atomic E-state index is 0.161. The zero-order valence-corrected chi connectivity index (χ0v) is 9.64. The molecule has 0 saturated carbocycles. The summed E-state index contributed by atoms with van der Waals surface area (Å²) in [6.45, 7) is 4.29. The molecule has 0 radical (unpaired) electrons. The SMILES string of the molecule is CC1(C)COC(c2ccc(B(O)O)c(F)c2)=N1. The van der Waals surface area contributed by atoms with Gasteiger partial charge in [0.2, 0.25) is 5.90 Å². The number of ether oxygens (including phenoxy) is 1. The highest BCUT2D eigenvalue weighted by molar-refractivity contribution is 6.58. The van der Waals surface area contributed by atoms with E-state index in [4.69, 9.17) is 14.8 Å². The summed E-state index contributed by atoms with van der Waals surface area (Å²) in [5, 5.41) is 17.8. The van der Waals surface area contributed by atoms with E-state index in [1.54, 1.807) is 6.07 Å². The molecule has 0 fully saturated rings. The Morgan fingerprint density at radius 3 is 2.59 bits per heavy atom. The van der Waals surface area contributed by atoms with E-state index in [0.29, 0.717) is 18.1 Å². The number of aliphatic imine (C=N–C) groups is 1. The van der Waals surface area contributed by atoms with Crippen molar-refractivity contribution in [3.05, 3.63) is 29.6 Å². The first-order valence-electron chi connectivity index (χ1n) is 5.28. The van der Waals surface area contributed by atoms with Crippen molar-refractivity contribution < 1.29 is 19.2 Å². The average molecular weight is 237 g/mol. The number of rotatable bonds is 2. The Balaban J connectivity index is 2.33. The summed E-state index contributed by atoms with van der Waals surface area (Å²) in [4.78, 5) is 4.31. The predicted octanol–water partition coefficient (Wildman–Crippen LogP) is 0.0609. The van der Waals surface area contributed by atoms with E-state index in [0.717, 1.165) is 0 Å². The second-order valence-corrected chi connectivity index (χ2v) is 4.63. The molecule has 0 amide bonds. The molecule has 0 spiro atoms. The number of benzene rings is 1. The summed E-state index contributed by atoms with van der Waals surface area (Å²) in [7, 11) is -1.81. The summed E-state index contributed by atoms with van der Waals surface area (Å²) < 4.78 is 18.9. The van der Waals surface area contributed by atoms with Crippen LogP contribution < -0.4 is 5.46 Å². The van der Waals surface area contributed by atoms with Gasteiger partial charge in [0.1, 0.15) is 12.4 Å². The van der Waals surface area contributed by atoms with Gasteiger partial charge in [-0.25, -0.2) is 9.38 Å². The van der Waals surface area contributed by atoms with Crippen molar-refractivity contribution in [1.82, 2.24) is 0 Å². The summed E-state index contributed by atoms with van der Waals surface area (Å²) in [5.74, 6) is -0.304. The van der Waals surface area contributed by atoms with E-state index >= 15 is 0 Å². The molecule has 0 unspecified atom stereocenters. The summed E-state index contributed by atoms with van der Waals surface area (Å²) >= 11 is 0. The first-order chi connectivity index (χ1) is 7.89. The highest BCUT2D eigenvalue weighted by atomic mass is 19.1. The normalized spacial score (nSPS) is 17.6. The monoisotopic (exact) mass is 237 g/mol. The van der Waals surface area contributed by atoms with Crippen LogP contribution >= 0.6 is 0 Å². The molecule has 1 aliphatic heterocycles. The standard InChI is InChI=1S/C11H13BFNO3/c1-11(2)6-17-10(14-11)7-3-4-8(12(15)16)9(13)5-7/h3-5,15-16H,6H2,1-2H3. The minimum atomic E-state index is -1.81. The number of nitrogens with zero attached hydrogens (tertiary/aromatic N) is 1. The van der Waals surface area contributed by atoms with Crippen LogP contribution in [-0.4, -0.2) is 35.2 Å². The fourth-order valence-electron chi connectivity index (χ4n) is 1.60. The molecule has 2 rings (SSSR count). The Morgan fingerprint density at radius 1 is 1.41 bits per heavy atom. The Morgan fingerprint density at radius 2 is 2.12 bits per heavy atom. The fourth-order valence-corrected chi connectivity index (χ4v) is 1.60. The largest absolute Gasteiger partial charge is 0.491 e.